The van der Waals surface area contributed by atoms with E-state index in [1.165, 1.54) is 4.68 Å². The number of methoxy groups -OCH3 is 1. The summed E-state index contributed by atoms with van der Waals surface area (Å²) in [5.41, 5.74) is 1.54. The Kier molecular flexibility index (Phi) is 5.20. The van der Waals surface area contributed by atoms with Crippen LogP contribution in [0.3, 0.4) is 0 Å². The fraction of sp³-hybridized carbons (Fsp3) is 0.318. The Morgan fingerprint density at radius 2 is 1.66 bits per heavy atom. The predicted molar refractivity (Wildman–Crippen MR) is 112 cm³/mol. The number of ether oxygens (including phenoxy) is 1. The van der Waals surface area contributed by atoms with Crippen LogP contribution in [0.2, 0.25) is 0 Å². The van der Waals surface area contributed by atoms with Gasteiger partial charge in [-0.25, -0.2) is 4.68 Å². The van der Waals surface area contributed by atoms with Crippen LogP contribution in [0, 0.1) is 0 Å². The minimum atomic E-state index is -0.151. The first-order valence-corrected chi connectivity index (χ1v) is 9.69. The second-order valence-corrected chi connectivity index (χ2v) is 7.14. The van der Waals surface area contributed by atoms with Gasteiger partial charge in [0.1, 0.15) is 5.75 Å². The van der Waals surface area contributed by atoms with Gasteiger partial charge in [-0.05, 0) is 18.2 Å². The van der Waals surface area contributed by atoms with Crippen molar-refractivity contribution in [2.75, 3.05) is 38.2 Å². The van der Waals surface area contributed by atoms with Crippen molar-refractivity contribution in [3.05, 3.63) is 64.6 Å². The van der Waals surface area contributed by atoms with Crippen LogP contribution >= 0.6 is 0 Å². The smallest absolute Gasteiger partial charge is 0.274 e. The number of hydrogen-bond donors (Lipinski definition) is 0. The first-order chi connectivity index (χ1) is 14.1. The number of fused-ring (bicyclic) bond motifs is 1. The minimum Gasteiger partial charge on any atom is -0.495 e. The Balaban J connectivity index is 1.48. The van der Waals surface area contributed by atoms with Crippen LogP contribution in [0.15, 0.2) is 53.3 Å². The molecule has 29 heavy (non-hydrogen) atoms. The van der Waals surface area contributed by atoms with E-state index >= 15 is 0 Å². The average Bonchev–Trinajstić information content (AvgIpc) is 2.77. The fourth-order valence-electron chi connectivity index (χ4n) is 3.85. The number of carbonyl (C=O) groups is 1. The van der Waals surface area contributed by atoms with Crippen LogP contribution in [0.1, 0.15) is 5.69 Å². The molecule has 0 N–H and O–H groups in total. The lowest BCUT2D eigenvalue weighted by Gasteiger charge is -2.36. The Hall–Kier alpha value is -3.35. The van der Waals surface area contributed by atoms with Gasteiger partial charge >= 0.3 is 0 Å². The molecule has 0 saturated carbocycles. The van der Waals surface area contributed by atoms with E-state index in [1.807, 2.05) is 47.4 Å². The molecule has 1 saturated heterocycles. The van der Waals surface area contributed by atoms with Gasteiger partial charge in [0.25, 0.3) is 5.56 Å². The molecule has 1 fully saturated rings. The Morgan fingerprint density at radius 1 is 1.00 bits per heavy atom. The van der Waals surface area contributed by atoms with Gasteiger partial charge in [-0.1, -0.05) is 30.3 Å². The van der Waals surface area contributed by atoms with Crippen molar-refractivity contribution >= 4 is 22.4 Å². The summed E-state index contributed by atoms with van der Waals surface area (Å²) in [6.07, 6.45) is 0.184. The number of aryl methyl sites for hydroxylation is 1. The molecular weight excluding hydrogens is 368 g/mol. The van der Waals surface area contributed by atoms with E-state index in [2.05, 4.69) is 10.00 Å². The van der Waals surface area contributed by atoms with Crippen molar-refractivity contribution in [2.24, 2.45) is 7.05 Å². The van der Waals surface area contributed by atoms with Gasteiger partial charge in [0.15, 0.2) is 0 Å². The molecular formula is C22H24N4O3. The van der Waals surface area contributed by atoms with Crippen molar-refractivity contribution < 1.29 is 9.53 Å². The molecule has 1 amide bonds. The van der Waals surface area contributed by atoms with Crippen LogP contribution in [0.4, 0.5) is 5.69 Å². The molecule has 7 heteroatoms. The molecule has 0 aliphatic carbocycles. The second-order valence-electron chi connectivity index (χ2n) is 7.14. The van der Waals surface area contributed by atoms with E-state index in [0.29, 0.717) is 24.2 Å². The first-order valence-electron chi connectivity index (χ1n) is 9.69. The number of nitrogens with zero attached hydrogens (tertiary/aromatic N) is 4. The normalized spacial score (nSPS) is 14.3. The van der Waals surface area contributed by atoms with Crippen LogP contribution in [0.25, 0.3) is 10.8 Å². The third-order valence-electron chi connectivity index (χ3n) is 5.41. The number of aromatic nitrogens is 2. The molecule has 3 aromatic rings. The zero-order valence-corrected chi connectivity index (χ0v) is 16.7. The SMILES string of the molecule is COc1ccccc1N1CCN(C(=O)Cc2nn(C)c(=O)c3ccccc23)CC1. The van der Waals surface area contributed by atoms with E-state index in [4.69, 9.17) is 4.74 Å². The van der Waals surface area contributed by atoms with Gasteiger partial charge in [0.05, 0.1) is 30.3 Å². The maximum Gasteiger partial charge on any atom is 0.274 e. The summed E-state index contributed by atoms with van der Waals surface area (Å²) in [7, 11) is 3.29. The van der Waals surface area contributed by atoms with Crippen LogP contribution in [-0.2, 0) is 18.3 Å². The van der Waals surface area contributed by atoms with Gasteiger partial charge in [0, 0.05) is 38.6 Å². The maximum absolute atomic E-state index is 12.9. The number of carbonyl (C=O) groups excluding carboxylic acids is 1. The van der Waals surface area contributed by atoms with Gasteiger partial charge < -0.3 is 14.5 Å². The predicted octanol–water partition coefficient (Wildman–Crippen LogP) is 1.83. The topological polar surface area (TPSA) is 67.7 Å². The molecule has 7 nitrogen and oxygen atoms in total. The molecule has 2 heterocycles. The van der Waals surface area contributed by atoms with Gasteiger partial charge in [-0.2, -0.15) is 5.10 Å². The molecule has 150 valence electrons. The third-order valence-corrected chi connectivity index (χ3v) is 5.41. The van der Waals surface area contributed by atoms with Crippen LogP contribution < -0.4 is 15.2 Å². The quantitative estimate of drug-likeness (QED) is 0.678. The molecule has 0 spiro atoms. The number of rotatable bonds is 4. The monoisotopic (exact) mass is 392 g/mol. The molecule has 0 bridgehead atoms. The highest BCUT2D eigenvalue weighted by Crippen LogP contribution is 2.28. The van der Waals surface area contributed by atoms with Gasteiger partial charge in [-0.3, -0.25) is 9.59 Å². The highest BCUT2D eigenvalue weighted by atomic mass is 16.5. The lowest BCUT2D eigenvalue weighted by atomic mass is 10.1. The number of para-hydroxylation sites is 2. The van der Waals surface area contributed by atoms with Crippen molar-refractivity contribution in [1.29, 1.82) is 0 Å². The zero-order chi connectivity index (χ0) is 20.4. The molecule has 1 aliphatic rings. The van der Waals surface area contributed by atoms with Crippen LogP contribution in [-0.4, -0.2) is 53.9 Å². The van der Waals surface area contributed by atoms with Crippen molar-refractivity contribution in [3.8, 4) is 5.75 Å². The van der Waals surface area contributed by atoms with Gasteiger partial charge in [0.2, 0.25) is 5.91 Å². The summed E-state index contributed by atoms with van der Waals surface area (Å²) >= 11 is 0. The van der Waals surface area contributed by atoms with Crippen molar-refractivity contribution in [3.63, 3.8) is 0 Å². The second kappa shape index (κ2) is 7.95. The third kappa shape index (κ3) is 3.68. The molecule has 2 aromatic carbocycles. The lowest BCUT2D eigenvalue weighted by molar-refractivity contribution is -0.130. The molecule has 1 aliphatic heterocycles. The largest absolute Gasteiger partial charge is 0.495 e. The van der Waals surface area contributed by atoms with Crippen molar-refractivity contribution in [1.82, 2.24) is 14.7 Å². The number of amides is 1. The molecule has 0 atom stereocenters. The number of anilines is 1. The zero-order valence-electron chi connectivity index (χ0n) is 16.7. The van der Waals surface area contributed by atoms with Gasteiger partial charge in [-0.15, -0.1) is 0 Å². The fourth-order valence-corrected chi connectivity index (χ4v) is 3.85. The molecule has 4 rings (SSSR count). The average molecular weight is 392 g/mol. The van der Waals surface area contributed by atoms with E-state index in [9.17, 15) is 9.59 Å². The van der Waals surface area contributed by atoms with E-state index < -0.39 is 0 Å². The number of hydrogen-bond acceptors (Lipinski definition) is 5. The summed E-state index contributed by atoms with van der Waals surface area (Å²) in [4.78, 5) is 29.3. The first kappa shape index (κ1) is 19.0. The summed E-state index contributed by atoms with van der Waals surface area (Å²) in [6.45, 7) is 2.77. The summed E-state index contributed by atoms with van der Waals surface area (Å²) in [6, 6.07) is 15.2. The van der Waals surface area contributed by atoms with E-state index in [-0.39, 0.29) is 17.9 Å². The van der Waals surface area contributed by atoms with E-state index in [0.717, 1.165) is 29.9 Å². The summed E-state index contributed by atoms with van der Waals surface area (Å²) in [5.74, 6) is 0.870. The Bertz CT molecular complexity index is 1100. The standard InChI is InChI=1S/C22H24N4O3/c1-24-22(28)17-8-4-3-7-16(17)18(23-24)15-21(27)26-13-11-25(12-14-26)19-9-5-6-10-20(19)29-2/h3-10H,11-15H2,1-2H3. The Labute approximate surface area is 169 Å². The van der Waals surface area contributed by atoms with Crippen molar-refractivity contribution in [2.45, 2.75) is 6.42 Å². The molecule has 1 aromatic heterocycles. The lowest BCUT2D eigenvalue weighted by Crippen LogP contribution is -2.49. The highest BCUT2D eigenvalue weighted by molar-refractivity contribution is 5.88. The summed E-state index contributed by atoms with van der Waals surface area (Å²) in [5, 5.41) is 5.69. The minimum absolute atomic E-state index is 0.0287. The molecule has 0 radical (unpaired) electrons. The maximum atomic E-state index is 12.9. The Morgan fingerprint density at radius 3 is 2.38 bits per heavy atom. The number of benzene rings is 2. The van der Waals surface area contributed by atoms with E-state index in [1.54, 1.807) is 20.2 Å². The van der Waals surface area contributed by atoms with Crippen LogP contribution in [0.5, 0.6) is 5.75 Å². The number of piperazine rings is 1. The highest BCUT2D eigenvalue weighted by Gasteiger charge is 2.24. The summed E-state index contributed by atoms with van der Waals surface area (Å²) < 4.78 is 6.77. The molecule has 0 unspecified atom stereocenters.